The molecule has 1 heterocycles. The number of fused-ring (bicyclic) bond motifs is 1. The van der Waals surface area contributed by atoms with Gasteiger partial charge in [0, 0.05) is 12.6 Å². The van der Waals surface area contributed by atoms with Crippen molar-refractivity contribution in [2.24, 2.45) is 5.73 Å². The molecule has 0 aliphatic carbocycles. The summed E-state index contributed by atoms with van der Waals surface area (Å²) >= 11 is 0. The third kappa shape index (κ3) is 2.89. The van der Waals surface area contributed by atoms with Crippen molar-refractivity contribution in [3.05, 3.63) is 23.8 Å². The number of carbonyl (C=O) groups excluding carboxylic acids is 1. The van der Waals surface area contributed by atoms with Crippen LogP contribution in [0.4, 0.5) is 5.69 Å². The molecule has 0 saturated carbocycles. The highest BCUT2D eigenvalue weighted by molar-refractivity contribution is 5.97. The molecule has 0 radical (unpaired) electrons. The van der Waals surface area contributed by atoms with Gasteiger partial charge in [0.1, 0.15) is 5.75 Å². The maximum Gasteiger partial charge on any atom is 0.265 e. The van der Waals surface area contributed by atoms with Gasteiger partial charge in [0.25, 0.3) is 5.91 Å². The highest BCUT2D eigenvalue weighted by atomic mass is 16.5. The van der Waals surface area contributed by atoms with Crippen LogP contribution in [-0.2, 0) is 4.79 Å². The van der Waals surface area contributed by atoms with Crippen LogP contribution in [0.2, 0.25) is 0 Å². The van der Waals surface area contributed by atoms with Crippen molar-refractivity contribution in [3.8, 4) is 5.75 Å². The molecule has 0 fully saturated rings. The predicted octanol–water partition coefficient (Wildman–Crippen LogP) is 2.62. The predicted molar refractivity (Wildman–Crippen MR) is 76.4 cm³/mol. The molecule has 0 saturated heterocycles. The van der Waals surface area contributed by atoms with E-state index >= 15 is 0 Å². The summed E-state index contributed by atoms with van der Waals surface area (Å²) in [6.45, 7) is 4.91. The Kier molecular flexibility index (Phi) is 4.43. The van der Waals surface area contributed by atoms with Gasteiger partial charge in [0.05, 0.1) is 5.69 Å². The van der Waals surface area contributed by atoms with Gasteiger partial charge >= 0.3 is 0 Å². The summed E-state index contributed by atoms with van der Waals surface area (Å²) in [7, 11) is 0. The number of carbonyl (C=O) groups is 1. The number of anilines is 1. The fourth-order valence-electron chi connectivity index (χ4n) is 2.39. The summed E-state index contributed by atoms with van der Waals surface area (Å²) in [5.41, 5.74) is 8.11. The molecule has 0 aromatic heterocycles. The number of nitrogens with zero attached hydrogens (tertiary/aromatic N) is 1. The Morgan fingerprint density at radius 3 is 2.89 bits per heavy atom. The lowest BCUT2D eigenvalue weighted by atomic mass is 10.0. The van der Waals surface area contributed by atoms with Crippen LogP contribution in [0.15, 0.2) is 18.2 Å². The third-order valence-corrected chi connectivity index (χ3v) is 3.54. The maximum atomic E-state index is 11.8. The first-order valence-electron chi connectivity index (χ1n) is 7.00. The first-order chi connectivity index (χ1) is 9.17. The second-order valence-corrected chi connectivity index (χ2v) is 4.90. The molecule has 1 unspecified atom stereocenters. The normalized spacial score (nSPS) is 15.9. The number of ether oxygens (including phenoxy) is 1. The smallest absolute Gasteiger partial charge is 0.265 e. The van der Waals surface area contributed by atoms with Crippen LogP contribution in [-0.4, -0.2) is 19.1 Å². The van der Waals surface area contributed by atoms with Crippen LogP contribution < -0.4 is 15.4 Å². The van der Waals surface area contributed by atoms with Gasteiger partial charge in [0.2, 0.25) is 0 Å². The number of amides is 1. The zero-order valence-corrected chi connectivity index (χ0v) is 11.7. The average Bonchev–Trinajstić information content (AvgIpc) is 2.44. The number of hydrogen-bond acceptors (Lipinski definition) is 3. The van der Waals surface area contributed by atoms with E-state index in [1.54, 1.807) is 4.90 Å². The number of benzene rings is 1. The number of unbranched alkanes of at least 4 members (excludes halogenated alkanes) is 1. The van der Waals surface area contributed by atoms with Crippen molar-refractivity contribution < 1.29 is 9.53 Å². The molecule has 2 N–H and O–H groups in total. The Hall–Kier alpha value is -1.55. The summed E-state index contributed by atoms with van der Waals surface area (Å²) in [6.07, 6.45) is 3.22. The van der Waals surface area contributed by atoms with Crippen molar-refractivity contribution in [2.45, 2.75) is 39.2 Å². The van der Waals surface area contributed by atoms with Crippen molar-refractivity contribution >= 4 is 11.6 Å². The SMILES string of the molecule is CCCCC(N)c1ccc2c(c1)N(CC)C(=O)CO2. The molecule has 1 aromatic carbocycles. The van der Waals surface area contributed by atoms with Gasteiger partial charge in [-0.2, -0.15) is 0 Å². The van der Waals surface area contributed by atoms with E-state index in [-0.39, 0.29) is 18.6 Å². The minimum atomic E-state index is 0.00859. The highest BCUT2D eigenvalue weighted by Gasteiger charge is 2.24. The molecular formula is C15H22N2O2. The topological polar surface area (TPSA) is 55.6 Å². The number of likely N-dealkylation sites (N-methyl/N-ethyl adjacent to an activating group) is 1. The van der Waals surface area contributed by atoms with Crippen LogP contribution >= 0.6 is 0 Å². The van der Waals surface area contributed by atoms with Gasteiger partial charge < -0.3 is 15.4 Å². The first kappa shape index (κ1) is 13.9. The molecule has 2 rings (SSSR count). The molecule has 4 heteroatoms. The average molecular weight is 262 g/mol. The Morgan fingerprint density at radius 2 is 2.21 bits per heavy atom. The van der Waals surface area contributed by atoms with Crippen molar-refractivity contribution in [1.29, 1.82) is 0 Å². The molecule has 19 heavy (non-hydrogen) atoms. The molecular weight excluding hydrogens is 240 g/mol. The lowest BCUT2D eigenvalue weighted by Gasteiger charge is -2.29. The number of nitrogens with two attached hydrogens (primary N) is 1. The first-order valence-corrected chi connectivity index (χ1v) is 7.00. The molecule has 0 bridgehead atoms. The second-order valence-electron chi connectivity index (χ2n) is 4.90. The van der Waals surface area contributed by atoms with Gasteiger partial charge in [-0.15, -0.1) is 0 Å². The molecule has 1 atom stereocenters. The van der Waals surface area contributed by atoms with Gasteiger partial charge in [-0.25, -0.2) is 0 Å². The largest absolute Gasteiger partial charge is 0.482 e. The Morgan fingerprint density at radius 1 is 1.42 bits per heavy atom. The summed E-state index contributed by atoms with van der Waals surface area (Å²) in [5, 5.41) is 0. The summed E-state index contributed by atoms with van der Waals surface area (Å²) < 4.78 is 5.45. The van der Waals surface area contributed by atoms with E-state index < -0.39 is 0 Å². The fourth-order valence-corrected chi connectivity index (χ4v) is 2.39. The monoisotopic (exact) mass is 262 g/mol. The van der Waals surface area contributed by atoms with E-state index in [0.29, 0.717) is 6.54 Å². The molecule has 104 valence electrons. The minimum Gasteiger partial charge on any atom is -0.482 e. The molecule has 4 nitrogen and oxygen atoms in total. The summed E-state index contributed by atoms with van der Waals surface area (Å²) in [5.74, 6) is 0.780. The van der Waals surface area contributed by atoms with Crippen LogP contribution in [0.25, 0.3) is 0 Å². The van der Waals surface area contributed by atoms with Gasteiger partial charge in [-0.3, -0.25) is 4.79 Å². The van der Waals surface area contributed by atoms with E-state index in [0.717, 1.165) is 36.3 Å². The summed E-state index contributed by atoms with van der Waals surface area (Å²) in [4.78, 5) is 13.6. The van der Waals surface area contributed by atoms with Gasteiger partial charge in [0.15, 0.2) is 6.61 Å². The third-order valence-electron chi connectivity index (χ3n) is 3.54. The molecule has 1 aliphatic heterocycles. The van der Waals surface area contributed by atoms with Crippen LogP contribution in [0.1, 0.15) is 44.7 Å². The van der Waals surface area contributed by atoms with E-state index in [4.69, 9.17) is 10.5 Å². The van der Waals surface area contributed by atoms with Crippen molar-refractivity contribution in [1.82, 2.24) is 0 Å². The Bertz CT molecular complexity index is 459. The van der Waals surface area contributed by atoms with Gasteiger partial charge in [-0.1, -0.05) is 25.8 Å². The highest BCUT2D eigenvalue weighted by Crippen LogP contribution is 2.34. The maximum absolute atomic E-state index is 11.8. The van der Waals surface area contributed by atoms with Crippen LogP contribution in [0.5, 0.6) is 5.75 Å². The van der Waals surface area contributed by atoms with E-state index in [9.17, 15) is 4.79 Å². The lowest BCUT2D eigenvalue weighted by Crippen LogP contribution is -2.38. The van der Waals surface area contributed by atoms with Crippen molar-refractivity contribution in [3.63, 3.8) is 0 Å². The van der Waals surface area contributed by atoms with E-state index in [1.807, 2.05) is 25.1 Å². The van der Waals surface area contributed by atoms with E-state index in [2.05, 4.69) is 6.92 Å². The number of rotatable bonds is 5. The Balaban J connectivity index is 2.26. The zero-order chi connectivity index (χ0) is 13.8. The quantitative estimate of drug-likeness (QED) is 0.887. The standard InChI is InChI=1S/C15H22N2O2/c1-3-5-6-12(16)11-7-8-14-13(9-11)17(4-2)15(18)10-19-14/h7-9,12H,3-6,10,16H2,1-2H3. The molecule has 0 spiro atoms. The molecule has 1 aliphatic rings. The minimum absolute atomic E-state index is 0.00859. The lowest BCUT2D eigenvalue weighted by molar-refractivity contribution is -0.121. The van der Waals surface area contributed by atoms with Crippen molar-refractivity contribution in [2.75, 3.05) is 18.1 Å². The Labute approximate surface area is 114 Å². The van der Waals surface area contributed by atoms with Crippen LogP contribution in [0.3, 0.4) is 0 Å². The fraction of sp³-hybridized carbons (Fsp3) is 0.533. The number of hydrogen-bond donors (Lipinski definition) is 1. The second kappa shape index (κ2) is 6.06. The molecule has 1 aromatic rings. The van der Waals surface area contributed by atoms with Crippen LogP contribution in [0, 0.1) is 0 Å². The summed E-state index contributed by atoms with van der Waals surface area (Å²) in [6, 6.07) is 5.95. The van der Waals surface area contributed by atoms with E-state index in [1.165, 1.54) is 0 Å². The molecule has 1 amide bonds. The van der Waals surface area contributed by atoms with Gasteiger partial charge in [-0.05, 0) is 31.0 Å². The zero-order valence-electron chi connectivity index (χ0n) is 11.7.